The summed E-state index contributed by atoms with van der Waals surface area (Å²) in [5.74, 6) is -3.37. The van der Waals surface area contributed by atoms with Gasteiger partial charge in [0, 0.05) is 90.4 Å². The number of benzene rings is 6. The summed E-state index contributed by atoms with van der Waals surface area (Å²) in [5.41, 5.74) is 15.9. The SMILES string of the molecule is C=CCCOC(=O)C(SC)C(C)=O.CCCNC(=O)c1ccc(-c2nnn(-c3ccccc3)n2)cc1.CCCNC(=O)c1ccc(C2=NN(c3ccccc3)C(CCOC(=O)C(SC)C(C)=O)C2)cc1.CCNC(=O)c1ccc(C(=O)NCCCOC(=O)C(SC)C(C)=O)c(P(C)C)c1.CCNC(=O)c1ccc(C(=O)OC)c(P(C)C)c1.CSC(C(C)=O)C(=O)OCCCN=[N+]=[N-]. The van der Waals surface area contributed by atoms with Crippen LogP contribution in [-0.2, 0) is 62.0 Å². The van der Waals surface area contributed by atoms with Crippen LogP contribution in [0.5, 0.6) is 0 Å². The maximum atomic E-state index is 12.6. The molecule has 0 bridgehead atoms. The lowest BCUT2D eigenvalue weighted by Gasteiger charge is -2.23. The Kier molecular flexibility index (Phi) is 56.0. The van der Waals surface area contributed by atoms with Crippen LogP contribution in [0.3, 0.4) is 0 Å². The lowest BCUT2D eigenvalue weighted by molar-refractivity contribution is -0.146. The Bertz CT molecular complexity index is 5010. The number of amides is 5. The highest BCUT2D eigenvalue weighted by Gasteiger charge is 2.32. The summed E-state index contributed by atoms with van der Waals surface area (Å²) in [6.45, 7) is 28.7. The minimum Gasteiger partial charge on any atom is -0.465 e. The number of esters is 5. The van der Waals surface area contributed by atoms with Gasteiger partial charge in [0.1, 0.15) is 0 Å². The van der Waals surface area contributed by atoms with Crippen LogP contribution in [0.1, 0.15) is 168 Å². The summed E-state index contributed by atoms with van der Waals surface area (Å²) in [5, 5.41) is 35.4. The van der Waals surface area contributed by atoms with Gasteiger partial charge in [-0.2, -0.15) is 5.10 Å². The number of methoxy groups -OCH3 is 1. The lowest BCUT2D eigenvalue weighted by Crippen LogP contribution is -2.31. The van der Waals surface area contributed by atoms with Crippen molar-refractivity contribution in [3.05, 3.63) is 208 Å². The number of thioether (sulfide) groups is 4. The number of rotatable bonds is 44. The van der Waals surface area contributed by atoms with Crippen LogP contribution < -0.4 is 42.2 Å². The second-order valence-electron chi connectivity index (χ2n) is 28.8. The van der Waals surface area contributed by atoms with Gasteiger partial charge in [-0.1, -0.05) is 102 Å². The van der Waals surface area contributed by atoms with Crippen molar-refractivity contribution < 1.29 is 90.8 Å². The molecule has 1 aromatic heterocycles. The summed E-state index contributed by atoms with van der Waals surface area (Å²) in [6, 6.07) is 44.3. The first kappa shape index (κ1) is 115. The number of hydrazone groups is 1. The van der Waals surface area contributed by atoms with Crippen LogP contribution in [0.4, 0.5) is 5.69 Å². The fourth-order valence-electron chi connectivity index (χ4n) is 11.6. The quantitative estimate of drug-likeness (QED) is 0.00272. The maximum absolute atomic E-state index is 12.6. The highest BCUT2D eigenvalue weighted by Crippen LogP contribution is 2.31. The predicted octanol–water partition coefficient (Wildman–Crippen LogP) is 12.9. The topological polar surface area (TPSA) is 453 Å². The summed E-state index contributed by atoms with van der Waals surface area (Å²) in [6.07, 6.45) is 13.0. The second-order valence-corrected chi connectivity index (χ2v) is 37.1. The molecule has 33 nitrogen and oxygen atoms in total. The Morgan fingerprint density at radius 3 is 1.33 bits per heavy atom. The molecule has 712 valence electrons. The van der Waals surface area contributed by atoms with Crippen molar-refractivity contribution in [1.82, 2.24) is 46.8 Å². The molecular weight excluding hydrogens is 1810 g/mol. The molecule has 0 spiro atoms. The number of para-hydroxylation sites is 2. The van der Waals surface area contributed by atoms with Crippen LogP contribution in [0.25, 0.3) is 27.5 Å². The van der Waals surface area contributed by atoms with E-state index in [2.05, 4.69) is 58.6 Å². The molecule has 1 aliphatic heterocycles. The second kappa shape index (κ2) is 64.4. The first-order valence-electron chi connectivity index (χ1n) is 42.2. The van der Waals surface area contributed by atoms with Gasteiger partial charge in [0.15, 0.2) is 44.1 Å². The summed E-state index contributed by atoms with van der Waals surface area (Å²) < 4.78 is 24.9. The third-order valence-corrected chi connectivity index (χ3v) is 24.9. The normalized spacial score (nSPS) is 12.4. The number of carbonyl (C=O) groups is 14. The van der Waals surface area contributed by atoms with Gasteiger partial charge >= 0.3 is 29.8 Å². The molecule has 7 aromatic rings. The van der Waals surface area contributed by atoms with Crippen molar-refractivity contribution in [2.75, 3.05) is 129 Å². The zero-order valence-electron chi connectivity index (χ0n) is 77.9. The highest BCUT2D eigenvalue weighted by atomic mass is 32.2. The fourth-order valence-corrected chi connectivity index (χ4v) is 16.1. The van der Waals surface area contributed by atoms with E-state index in [1.807, 2.05) is 156 Å². The Hall–Kier alpha value is -11.5. The lowest BCUT2D eigenvalue weighted by atomic mass is 10.0. The minimum atomic E-state index is -0.802. The number of tetrazole rings is 1. The predicted molar refractivity (Wildman–Crippen MR) is 528 cm³/mol. The number of anilines is 1. The zero-order valence-corrected chi connectivity index (χ0v) is 82.9. The van der Waals surface area contributed by atoms with Crippen molar-refractivity contribution in [2.24, 2.45) is 10.2 Å². The monoisotopic (exact) mass is 1930 g/mol. The highest BCUT2D eigenvalue weighted by molar-refractivity contribution is 8.01. The van der Waals surface area contributed by atoms with Crippen LogP contribution in [0.2, 0.25) is 0 Å². The molecule has 0 saturated carbocycles. The largest absolute Gasteiger partial charge is 0.465 e. The Labute approximate surface area is 791 Å². The zero-order chi connectivity index (χ0) is 98.2. The van der Waals surface area contributed by atoms with Crippen molar-refractivity contribution in [1.29, 1.82) is 0 Å². The van der Waals surface area contributed by atoms with E-state index in [1.165, 1.54) is 63.1 Å². The van der Waals surface area contributed by atoms with E-state index < -0.39 is 60.7 Å². The Morgan fingerprint density at radius 1 is 0.508 bits per heavy atom. The first-order chi connectivity index (χ1) is 63.2. The van der Waals surface area contributed by atoms with E-state index >= 15 is 0 Å². The molecule has 8 rings (SSSR count). The third kappa shape index (κ3) is 40.3. The number of hydrogen-bond acceptors (Lipinski definition) is 29. The van der Waals surface area contributed by atoms with Gasteiger partial charge in [0.2, 0.25) is 5.82 Å². The molecule has 5 unspecified atom stereocenters. The minimum absolute atomic E-state index is 0.00258. The number of hydrogen-bond donors (Lipinski definition) is 5. The number of azide groups is 1. The molecule has 1 aliphatic rings. The number of aromatic nitrogens is 4. The van der Waals surface area contributed by atoms with Crippen molar-refractivity contribution in [2.45, 2.75) is 127 Å². The van der Waals surface area contributed by atoms with Crippen LogP contribution in [-0.4, -0.2) is 260 Å². The van der Waals surface area contributed by atoms with E-state index in [9.17, 15) is 67.1 Å². The summed E-state index contributed by atoms with van der Waals surface area (Å²) in [4.78, 5) is 167. The maximum Gasteiger partial charge on any atom is 0.338 e. The average Bonchev–Trinajstić information content (AvgIpc) is 1.64. The van der Waals surface area contributed by atoms with E-state index in [0.29, 0.717) is 111 Å². The fraction of sp³-hybridized carbons (Fsp3) is 0.419. The number of nitrogens with zero attached hydrogens (tertiary/aromatic N) is 9. The molecule has 39 heteroatoms. The smallest absolute Gasteiger partial charge is 0.338 e. The average molecular weight is 1930 g/mol. The van der Waals surface area contributed by atoms with E-state index in [-0.39, 0.29) is 91.0 Å². The van der Waals surface area contributed by atoms with E-state index in [0.717, 1.165) is 75.2 Å². The van der Waals surface area contributed by atoms with Crippen molar-refractivity contribution in [3.63, 3.8) is 0 Å². The van der Waals surface area contributed by atoms with Gasteiger partial charge in [0.05, 0.1) is 62.2 Å². The van der Waals surface area contributed by atoms with Gasteiger partial charge in [-0.3, -0.25) is 67.3 Å². The first-order valence-corrected chi connectivity index (χ1v) is 51.9. The molecular formula is C93H122N14O19P2S4. The van der Waals surface area contributed by atoms with Crippen LogP contribution in [0, 0.1) is 0 Å². The van der Waals surface area contributed by atoms with E-state index in [1.54, 1.807) is 79.6 Å². The molecule has 6 aromatic carbocycles. The Morgan fingerprint density at radius 2 is 0.909 bits per heavy atom. The van der Waals surface area contributed by atoms with Gasteiger partial charge in [0.25, 0.3) is 29.5 Å². The molecule has 132 heavy (non-hydrogen) atoms. The molecule has 5 N–H and O–H groups in total. The molecule has 0 fully saturated rings. The number of ether oxygens (including phenoxy) is 5. The van der Waals surface area contributed by atoms with Crippen molar-refractivity contribution >= 4 is 167 Å². The summed E-state index contributed by atoms with van der Waals surface area (Å²) in [7, 11) is 0.283. The van der Waals surface area contributed by atoms with Crippen LogP contribution in [0.15, 0.2) is 168 Å². The Balaban J connectivity index is 0.000000421. The number of ketones is 4. The molecule has 5 amide bonds. The molecule has 2 heterocycles. The van der Waals surface area contributed by atoms with Gasteiger partial charge < -0.3 is 50.3 Å². The van der Waals surface area contributed by atoms with E-state index in [4.69, 9.17) is 34.3 Å². The van der Waals surface area contributed by atoms with Crippen LogP contribution >= 0.6 is 62.9 Å². The molecule has 0 saturated heterocycles. The standard InChI is InChI=1S/C26H31N3O4S.C20H29N2O5PS.C17H17N5O.C13H18NO3P.C9H14O3S.C8H13N3O3S/c1-4-15-27-25(31)20-12-10-19(11-13-20)23-17-22(29(28-23)21-8-6-5-7-9-21)14-16-33-26(32)24(34-3)18(2)30;1-6-21-18(24)14-8-9-15(16(12-14)28(3)4)19(25)22-10-7-11-27-20(26)17(29-5)13(2)23;1-2-12-18-17(23)14-10-8-13(9-11-14)16-19-21-22(20-16)15-6-4-3-5-7-15;1-5-14-12(15)9-6-7-10(13(16)17-2)11(8-9)18(3)4;1-4-5-6-12-9(11)8(13-3)7(2)10;1-6(12)7(15-2)8(13)14-5-3-4-10-11-9/h5-13,22,24H,4,14-17H2,1-3H3,(H,27,31);8-9,12,17H,6-7,10-11H2,1-5H3,(H,21,24)(H,22,25);3-11H,2,12H2,1H3,(H,18,23);6-8H,5H2,1-4H3,(H,14,15);4,8H,1,5-6H2,2-3H3;7H,3-5H2,1-2H3. The number of carbonyl (C=O) groups excluding carboxylic acids is 14. The molecule has 0 radical (unpaired) electrons. The van der Waals surface area contributed by atoms with Gasteiger partial charge in [-0.15, -0.1) is 68.6 Å². The van der Waals surface area contributed by atoms with Gasteiger partial charge in [-0.05, 0) is 237 Å². The molecule has 5 atom stereocenters. The molecule has 0 aliphatic carbocycles. The number of Topliss-reactive ketones (excluding diaryl/α,β-unsaturated/α-hetero) is 4. The number of nitrogens with one attached hydrogen (secondary N) is 5. The van der Waals surface area contributed by atoms with Crippen molar-refractivity contribution in [3.8, 4) is 17.1 Å². The summed E-state index contributed by atoms with van der Waals surface area (Å²) >= 11 is 4.67. The third-order valence-electron chi connectivity index (χ3n) is 18.3. The van der Waals surface area contributed by atoms with Gasteiger partial charge in [-0.25, -0.2) is 4.79 Å².